The molecule has 130 valence electrons. The molecule has 0 spiro atoms. The van der Waals surface area contributed by atoms with Gasteiger partial charge in [-0.1, -0.05) is 18.2 Å². The van der Waals surface area contributed by atoms with Gasteiger partial charge in [-0.15, -0.1) is 0 Å². The number of hydrogen-bond donors (Lipinski definition) is 1. The molecule has 0 unspecified atom stereocenters. The van der Waals surface area contributed by atoms with Crippen LogP contribution < -0.4 is 9.47 Å². The molecule has 0 saturated carbocycles. The summed E-state index contributed by atoms with van der Waals surface area (Å²) in [5.41, 5.74) is 1.97. The molecule has 0 fully saturated rings. The Morgan fingerprint density at radius 1 is 1.19 bits per heavy atom. The number of aromatic amines is 1. The van der Waals surface area contributed by atoms with Gasteiger partial charge >= 0.3 is 0 Å². The number of fused-ring (bicyclic) bond motifs is 1. The summed E-state index contributed by atoms with van der Waals surface area (Å²) in [6.07, 6.45) is 3.16. The van der Waals surface area contributed by atoms with E-state index in [9.17, 15) is 10.1 Å². The van der Waals surface area contributed by atoms with Gasteiger partial charge in [-0.25, -0.2) is 0 Å². The summed E-state index contributed by atoms with van der Waals surface area (Å²) in [4.78, 5) is 15.9. The maximum atomic E-state index is 12.8. The standard InChI is InChI=1S/C20H15BrN2O3/c1-25-17-8-12(9-18(26-2)19(17)21)7-13(10-22)20(24)15-11-23-16-6-4-3-5-14(15)16/h3-9,11,23H,1-2H3/b13-7+. The molecule has 0 bridgehead atoms. The summed E-state index contributed by atoms with van der Waals surface area (Å²) in [6, 6.07) is 12.9. The lowest BCUT2D eigenvalue weighted by Crippen LogP contribution is -2.01. The van der Waals surface area contributed by atoms with Gasteiger partial charge in [0.1, 0.15) is 27.6 Å². The highest BCUT2D eigenvalue weighted by atomic mass is 79.9. The van der Waals surface area contributed by atoms with Crippen LogP contribution in [0.25, 0.3) is 17.0 Å². The third-order valence-corrected chi connectivity index (χ3v) is 4.76. The van der Waals surface area contributed by atoms with E-state index in [0.29, 0.717) is 27.1 Å². The van der Waals surface area contributed by atoms with Crippen molar-refractivity contribution in [3.8, 4) is 17.6 Å². The summed E-state index contributed by atoms with van der Waals surface area (Å²) < 4.78 is 11.3. The zero-order chi connectivity index (χ0) is 18.7. The van der Waals surface area contributed by atoms with Crippen molar-refractivity contribution in [2.24, 2.45) is 0 Å². The number of ether oxygens (including phenoxy) is 2. The monoisotopic (exact) mass is 410 g/mol. The number of methoxy groups -OCH3 is 2. The third-order valence-electron chi connectivity index (χ3n) is 3.98. The molecule has 2 aromatic carbocycles. The van der Waals surface area contributed by atoms with E-state index in [1.54, 1.807) is 18.3 Å². The van der Waals surface area contributed by atoms with E-state index in [-0.39, 0.29) is 11.4 Å². The van der Waals surface area contributed by atoms with Crippen LogP contribution >= 0.6 is 15.9 Å². The SMILES string of the molecule is COc1cc(/C=C(\C#N)C(=O)c2c[nH]c3ccccc23)cc(OC)c1Br. The lowest BCUT2D eigenvalue weighted by atomic mass is 10.0. The van der Waals surface area contributed by atoms with Crippen LogP contribution in [0.3, 0.4) is 0 Å². The van der Waals surface area contributed by atoms with Gasteiger partial charge in [0.25, 0.3) is 0 Å². The Morgan fingerprint density at radius 3 is 2.46 bits per heavy atom. The predicted molar refractivity (Wildman–Crippen MR) is 103 cm³/mol. The van der Waals surface area contributed by atoms with Crippen molar-refractivity contribution in [3.63, 3.8) is 0 Å². The van der Waals surface area contributed by atoms with E-state index in [1.807, 2.05) is 30.3 Å². The highest BCUT2D eigenvalue weighted by Gasteiger charge is 2.17. The predicted octanol–water partition coefficient (Wildman–Crippen LogP) is 4.74. The van der Waals surface area contributed by atoms with Gasteiger partial charge in [-0.05, 0) is 45.8 Å². The number of carbonyl (C=O) groups is 1. The number of ketones is 1. The van der Waals surface area contributed by atoms with Gasteiger partial charge < -0.3 is 14.5 Å². The van der Waals surface area contributed by atoms with E-state index >= 15 is 0 Å². The summed E-state index contributed by atoms with van der Waals surface area (Å²) >= 11 is 3.40. The second-order valence-electron chi connectivity index (χ2n) is 5.49. The van der Waals surface area contributed by atoms with Crippen LogP contribution in [-0.4, -0.2) is 25.0 Å². The summed E-state index contributed by atoms with van der Waals surface area (Å²) in [5.74, 6) is 0.755. The quantitative estimate of drug-likeness (QED) is 0.374. The largest absolute Gasteiger partial charge is 0.495 e. The molecule has 0 aliphatic heterocycles. The highest BCUT2D eigenvalue weighted by Crippen LogP contribution is 2.36. The lowest BCUT2D eigenvalue weighted by Gasteiger charge is -2.10. The number of nitrogens with one attached hydrogen (secondary N) is 1. The summed E-state index contributed by atoms with van der Waals surface area (Å²) in [5, 5.41) is 10.3. The zero-order valence-electron chi connectivity index (χ0n) is 14.2. The average molecular weight is 411 g/mol. The second kappa shape index (κ2) is 7.46. The van der Waals surface area contributed by atoms with Gasteiger partial charge in [0.05, 0.1) is 14.2 Å². The Hall–Kier alpha value is -3.04. The first-order valence-electron chi connectivity index (χ1n) is 7.73. The molecule has 26 heavy (non-hydrogen) atoms. The zero-order valence-corrected chi connectivity index (χ0v) is 15.8. The van der Waals surface area contributed by atoms with Crippen LogP contribution in [-0.2, 0) is 0 Å². The molecule has 1 heterocycles. The fraction of sp³-hybridized carbons (Fsp3) is 0.100. The topological polar surface area (TPSA) is 75.1 Å². The minimum Gasteiger partial charge on any atom is -0.495 e. The van der Waals surface area contributed by atoms with Crippen molar-refractivity contribution in [2.45, 2.75) is 0 Å². The molecule has 6 heteroatoms. The number of halogens is 1. The Kier molecular flexibility index (Phi) is 5.10. The molecule has 0 saturated heterocycles. The number of Topliss-reactive ketones (excluding diaryl/α,β-unsaturated/α-hetero) is 1. The molecule has 0 amide bonds. The van der Waals surface area contributed by atoms with E-state index in [0.717, 1.165) is 10.9 Å². The average Bonchev–Trinajstić information content (AvgIpc) is 3.10. The highest BCUT2D eigenvalue weighted by molar-refractivity contribution is 9.10. The number of aromatic nitrogens is 1. The van der Waals surface area contributed by atoms with E-state index in [4.69, 9.17) is 9.47 Å². The van der Waals surface area contributed by atoms with E-state index in [2.05, 4.69) is 20.9 Å². The molecule has 0 radical (unpaired) electrons. The normalized spacial score (nSPS) is 11.2. The Balaban J connectivity index is 2.06. The molecule has 3 rings (SSSR count). The van der Waals surface area contributed by atoms with Crippen molar-refractivity contribution >= 4 is 38.7 Å². The number of benzene rings is 2. The number of H-pyrrole nitrogens is 1. The first-order chi connectivity index (χ1) is 12.6. The fourth-order valence-corrected chi connectivity index (χ4v) is 3.25. The molecule has 3 aromatic rings. The van der Waals surface area contributed by atoms with Crippen LogP contribution in [0.1, 0.15) is 15.9 Å². The van der Waals surface area contributed by atoms with Crippen molar-refractivity contribution in [2.75, 3.05) is 14.2 Å². The fourth-order valence-electron chi connectivity index (χ4n) is 2.69. The number of nitrogens with zero attached hydrogens (tertiary/aromatic N) is 1. The van der Waals surface area contributed by atoms with Crippen molar-refractivity contribution in [1.82, 2.24) is 4.98 Å². The van der Waals surface area contributed by atoms with Crippen LogP contribution in [0.2, 0.25) is 0 Å². The number of para-hydroxylation sites is 1. The van der Waals surface area contributed by atoms with Gasteiger partial charge in [0, 0.05) is 22.7 Å². The van der Waals surface area contributed by atoms with Crippen LogP contribution in [0, 0.1) is 11.3 Å². The molecule has 1 aromatic heterocycles. The van der Waals surface area contributed by atoms with Gasteiger partial charge in [-0.3, -0.25) is 4.79 Å². The van der Waals surface area contributed by atoms with E-state index in [1.165, 1.54) is 20.3 Å². The maximum absolute atomic E-state index is 12.8. The number of rotatable bonds is 5. The Labute approximate surface area is 159 Å². The smallest absolute Gasteiger partial charge is 0.205 e. The number of carbonyl (C=O) groups excluding carboxylic acids is 1. The summed E-state index contributed by atoms with van der Waals surface area (Å²) in [7, 11) is 3.07. The maximum Gasteiger partial charge on any atom is 0.205 e. The molecular weight excluding hydrogens is 396 g/mol. The minimum atomic E-state index is -0.342. The van der Waals surface area contributed by atoms with Gasteiger partial charge in [-0.2, -0.15) is 5.26 Å². The number of nitriles is 1. The third kappa shape index (κ3) is 3.22. The Bertz CT molecular complexity index is 1040. The van der Waals surface area contributed by atoms with Crippen molar-refractivity contribution in [1.29, 1.82) is 5.26 Å². The van der Waals surface area contributed by atoms with Gasteiger partial charge in [0.15, 0.2) is 0 Å². The van der Waals surface area contributed by atoms with Crippen molar-refractivity contribution < 1.29 is 14.3 Å². The molecule has 1 N–H and O–H groups in total. The Morgan fingerprint density at radius 2 is 1.85 bits per heavy atom. The summed E-state index contributed by atoms with van der Waals surface area (Å²) in [6.45, 7) is 0. The lowest BCUT2D eigenvalue weighted by molar-refractivity contribution is 0.104. The van der Waals surface area contributed by atoms with Crippen LogP contribution in [0.4, 0.5) is 0 Å². The van der Waals surface area contributed by atoms with Crippen molar-refractivity contribution in [3.05, 3.63) is 63.8 Å². The minimum absolute atomic E-state index is 0.0289. The molecule has 0 atom stereocenters. The second-order valence-corrected chi connectivity index (χ2v) is 6.28. The van der Waals surface area contributed by atoms with Crippen LogP contribution in [0.15, 0.2) is 52.6 Å². The molecular formula is C20H15BrN2O3. The van der Waals surface area contributed by atoms with Crippen LogP contribution in [0.5, 0.6) is 11.5 Å². The molecule has 0 aliphatic rings. The number of hydrogen-bond acceptors (Lipinski definition) is 4. The molecule has 5 nitrogen and oxygen atoms in total. The van der Waals surface area contributed by atoms with Gasteiger partial charge in [0.2, 0.25) is 5.78 Å². The first-order valence-corrected chi connectivity index (χ1v) is 8.52. The first kappa shape index (κ1) is 17.8. The molecule has 0 aliphatic carbocycles. The number of allylic oxidation sites excluding steroid dienone is 1. The van der Waals surface area contributed by atoms with E-state index < -0.39 is 0 Å².